The molecule has 1 aromatic heterocycles. The highest BCUT2D eigenvalue weighted by molar-refractivity contribution is 5.33. The third-order valence-electron chi connectivity index (χ3n) is 7.34. The highest BCUT2D eigenvalue weighted by Gasteiger charge is 2.15. The topological polar surface area (TPSA) is 40.7 Å². The van der Waals surface area contributed by atoms with Gasteiger partial charge in [0.25, 0.3) is 0 Å². The smallest absolute Gasteiger partial charge is 0.106 e. The molecule has 5 aromatic rings. The molecule has 3 heteroatoms. The second-order valence-corrected chi connectivity index (χ2v) is 9.93. The number of rotatable bonds is 13. The van der Waals surface area contributed by atoms with Crippen LogP contribution in [0.25, 0.3) is 0 Å². The fourth-order valence-electron chi connectivity index (χ4n) is 5.33. The lowest BCUT2D eigenvalue weighted by Crippen LogP contribution is -2.21. The summed E-state index contributed by atoms with van der Waals surface area (Å²) >= 11 is 0. The number of aryl methyl sites for hydroxylation is 1. The van der Waals surface area contributed by atoms with E-state index >= 15 is 0 Å². The number of hydrogen-bond donors (Lipinski definition) is 2. The molecule has 0 bridgehead atoms. The highest BCUT2D eigenvalue weighted by Crippen LogP contribution is 2.29. The predicted molar refractivity (Wildman–Crippen MR) is 158 cm³/mol. The summed E-state index contributed by atoms with van der Waals surface area (Å²) in [5.41, 5.74) is 6.68. The van der Waals surface area contributed by atoms with Crippen molar-refractivity contribution < 1.29 is 0 Å². The van der Waals surface area contributed by atoms with Gasteiger partial charge < -0.3 is 10.3 Å². The fourth-order valence-corrected chi connectivity index (χ4v) is 5.33. The van der Waals surface area contributed by atoms with Gasteiger partial charge in [-0.2, -0.15) is 0 Å². The third kappa shape index (κ3) is 7.08. The van der Waals surface area contributed by atoms with Crippen LogP contribution in [0.4, 0.5) is 0 Å². The number of nitrogens with one attached hydrogen (secondary N) is 2. The maximum Gasteiger partial charge on any atom is 0.106 e. The lowest BCUT2D eigenvalue weighted by atomic mass is 9.87. The van der Waals surface area contributed by atoms with Gasteiger partial charge in [0.1, 0.15) is 5.82 Å². The third-order valence-corrected chi connectivity index (χ3v) is 7.34. The first-order valence-electron chi connectivity index (χ1n) is 13.8. The molecule has 0 atom stereocenters. The van der Waals surface area contributed by atoms with Gasteiger partial charge in [-0.15, -0.1) is 0 Å². The van der Waals surface area contributed by atoms with Gasteiger partial charge in [-0.3, -0.25) is 0 Å². The van der Waals surface area contributed by atoms with Crippen LogP contribution < -0.4 is 5.32 Å². The van der Waals surface area contributed by atoms with E-state index in [0.29, 0.717) is 11.8 Å². The number of hydrogen-bond acceptors (Lipinski definition) is 2. The molecule has 3 nitrogen and oxygen atoms in total. The SMILES string of the molecule is c1ccc(C(CCNCCc2cnc(CCC(c3ccccc3)c3ccccc3)[nH]2)c2ccccc2)cc1. The molecule has 0 saturated heterocycles. The largest absolute Gasteiger partial charge is 0.346 e. The average Bonchev–Trinajstić information content (AvgIpc) is 3.45. The Morgan fingerprint density at radius 1 is 0.526 bits per heavy atom. The van der Waals surface area contributed by atoms with Crippen LogP contribution >= 0.6 is 0 Å². The molecule has 0 unspecified atom stereocenters. The molecule has 0 spiro atoms. The molecule has 0 aliphatic rings. The van der Waals surface area contributed by atoms with Gasteiger partial charge in [0.2, 0.25) is 0 Å². The van der Waals surface area contributed by atoms with Gasteiger partial charge in [-0.1, -0.05) is 121 Å². The van der Waals surface area contributed by atoms with Crippen LogP contribution in [0.3, 0.4) is 0 Å². The second kappa shape index (κ2) is 13.6. The van der Waals surface area contributed by atoms with E-state index in [1.54, 1.807) is 0 Å². The maximum absolute atomic E-state index is 4.70. The number of H-pyrrole nitrogens is 1. The number of imidazole rings is 1. The Hall–Kier alpha value is -3.95. The van der Waals surface area contributed by atoms with Crippen molar-refractivity contribution in [3.05, 3.63) is 161 Å². The van der Waals surface area contributed by atoms with Crippen LogP contribution in [0, 0.1) is 0 Å². The summed E-state index contributed by atoms with van der Waals surface area (Å²) in [5.74, 6) is 1.85. The molecule has 0 saturated carbocycles. The van der Waals surface area contributed by atoms with Gasteiger partial charge in [0, 0.05) is 43.1 Å². The van der Waals surface area contributed by atoms with Crippen molar-refractivity contribution in [1.29, 1.82) is 0 Å². The number of aromatic nitrogens is 2. The number of nitrogens with zero attached hydrogens (tertiary/aromatic N) is 1. The molecule has 5 rings (SSSR count). The van der Waals surface area contributed by atoms with Crippen LogP contribution in [0.1, 0.15) is 58.4 Å². The predicted octanol–water partition coefficient (Wildman–Crippen LogP) is 7.53. The molecular formula is C35H37N3. The monoisotopic (exact) mass is 499 g/mol. The van der Waals surface area contributed by atoms with E-state index in [-0.39, 0.29) is 0 Å². The summed E-state index contributed by atoms with van der Waals surface area (Å²) in [6.45, 7) is 1.92. The summed E-state index contributed by atoms with van der Waals surface area (Å²) in [5, 5.41) is 3.66. The Balaban J connectivity index is 1.11. The summed E-state index contributed by atoms with van der Waals surface area (Å²) in [6.07, 6.45) is 5.99. The van der Waals surface area contributed by atoms with Crippen LogP contribution in [0.5, 0.6) is 0 Å². The molecule has 1 heterocycles. The standard InChI is InChI=1S/C35H37N3/c1-5-13-28(14-6-1)33(29-15-7-2-8-16-29)21-22-35-37-27-32(38-35)23-25-36-26-24-34(30-17-9-3-10-18-30)31-19-11-4-12-20-31/h1-20,27,33-34,36H,21-26H2,(H,37,38). The lowest BCUT2D eigenvalue weighted by Gasteiger charge is -2.18. The minimum Gasteiger partial charge on any atom is -0.346 e. The summed E-state index contributed by atoms with van der Waals surface area (Å²) < 4.78 is 0. The lowest BCUT2D eigenvalue weighted by molar-refractivity contribution is 0.609. The summed E-state index contributed by atoms with van der Waals surface area (Å²) in [4.78, 5) is 8.27. The highest BCUT2D eigenvalue weighted by atomic mass is 14.9. The molecule has 0 aliphatic carbocycles. The number of benzene rings is 4. The van der Waals surface area contributed by atoms with Crippen molar-refractivity contribution in [2.75, 3.05) is 13.1 Å². The van der Waals surface area contributed by atoms with Crippen LogP contribution in [-0.2, 0) is 12.8 Å². The molecule has 0 aliphatic heterocycles. The van der Waals surface area contributed by atoms with Crippen molar-refractivity contribution in [3.63, 3.8) is 0 Å². The van der Waals surface area contributed by atoms with E-state index < -0.39 is 0 Å². The first-order chi connectivity index (χ1) is 18.9. The van der Waals surface area contributed by atoms with Crippen molar-refractivity contribution in [1.82, 2.24) is 15.3 Å². The van der Waals surface area contributed by atoms with E-state index in [1.807, 2.05) is 6.20 Å². The normalized spacial score (nSPS) is 11.3. The quantitative estimate of drug-likeness (QED) is 0.164. The minimum absolute atomic E-state index is 0.370. The van der Waals surface area contributed by atoms with E-state index in [1.165, 1.54) is 27.9 Å². The Labute approximate surface area is 227 Å². The van der Waals surface area contributed by atoms with E-state index in [9.17, 15) is 0 Å². The van der Waals surface area contributed by atoms with Gasteiger partial charge in [0.05, 0.1) is 0 Å². The van der Waals surface area contributed by atoms with Crippen LogP contribution in [0.15, 0.2) is 128 Å². The van der Waals surface area contributed by atoms with Crippen LogP contribution in [-0.4, -0.2) is 23.1 Å². The van der Waals surface area contributed by atoms with Crippen molar-refractivity contribution in [3.8, 4) is 0 Å². The Morgan fingerprint density at radius 2 is 0.974 bits per heavy atom. The fraction of sp³-hybridized carbons (Fsp3) is 0.229. The average molecular weight is 500 g/mol. The second-order valence-electron chi connectivity index (χ2n) is 9.93. The van der Waals surface area contributed by atoms with Gasteiger partial charge >= 0.3 is 0 Å². The van der Waals surface area contributed by atoms with Crippen molar-refractivity contribution >= 4 is 0 Å². The van der Waals surface area contributed by atoms with Crippen molar-refractivity contribution in [2.45, 2.75) is 37.5 Å². The molecule has 0 amide bonds. The first-order valence-corrected chi connectivity index (χ1v) is 13.8. The minimum atomic E-state index is 0.370. The summed E-state index contributed by atoms with van der Waals surface area (Å²) in [6, 6.07) is 43.3. The van der Waals surface area contributed by atoms with E-state index in [2.05, 4.69) is 132 Å². The molecule has 0 fully saturated rings. The molecule has 38 heavy (non-hydrogen) atoms. The Kier molecular flexibility index (Phi) is 9.16. The molecule has 4 aromatic carbocycles. The first kappa shape index (κ1) is 25.7. The van der Waals surface area contributed by atoms with Gasteiger partial charge in [-0.25, -0.2) is 4.98 Å². The number of aromatic amines is 1. The molecule has 2 N–H and O–H groups in total. The maximum atomic E-state index is 4.70. The van der Waals surface area contributed by atoms with Gasteiger partial charge in [0.15, 0.2) is 0 Å². The van der Waals surface area contributed by atoms with Crippen molar-refractivity contribution in [2.24, 2.45) is 0 Å². The van der Waals surface area contributed by atoms with E-state index in [4.69, 9.17) is 4.98 Å². The van der Waals surface area contributed by atoms with Crippen LogP contribution in [0.2, 0.25) is 0 Å². The zero-order valence-electron chi connectivity index (χ0n) is 22.0. The zero-order valence-corrected chi connectivity index (χ0v) is 22.0. The Morgan fingerprint density at radius 3 is 1.45 bits per heavy atom. The van der Waals surface area contributed by atoms with E-state index in [0.717, 1.165) is 44.6 Å². The molecule has 0 radical (unpaired) electrons. The molecule has 192 valence electrons. The van der Waals surface area contributed by atoms with Gasteiger partial charge in [-0.05, 0) is 41.6 Å². The zero-order chi connectivity index (χ0) is 25.8. The Bertz CT molecular complexity index is 1250. The summed E-state index contributed by atoms with van der Waals surface area (Å²) in [7, 11) is 0. The molecular weight excluding hydrogens is 462 g/mol.